The lowest BCUT2D eigenvalue weighted by Gasteiger charge is -2.08. The molecule has 0 fully saturated rings. The van der Waals surface area contributed by atoms with Crippen molar-refractivity contribution in [3.05, 3.63) is 27.0 Å². The Morgan fingerprint density at radius 1 is 1.50 bits per heavy atom. The van der Waals surface area contributed by atoms with Crippen LogP contribution in [0.2, 0.25) is 0 Å². The van der Waals surface area contributed by atoms with Gasteiger partial charge in [-0.25, -0.2) is 17.9 Å². The lowest BCUT2D eigenvalue weighted by atomic mass is 10.2. The number of sulfonamides is 1. The molecular weight excluding hydrogens is 266 g/mol. The highest BCUT2D eigenvalue weighted by Gasteiger charge is 2.21. The van der Waals surface area contributed by atoms with Crippen molar-refractivity contribution >= 4 is 16.0 Å². The number of hydrogen-bond acceptors (Lipinski definition) is 5. The zero-order valence-corrected chi connectivity index (χ0v) is 10.1. The van der Waals surface area contributed by atoms with Gasteiger partial charge in [0.2, 0.25) is 10.0 Å². The quantitative estimate of drug-likeness (QED) is 0.492. The number of nitrogens with one attached hydrogen (secondary N) is 3. The number of rotatable bonds is 5. The summed E-state index contributed by atoms with van der Waals surface area (Å²) in [5, 5.41) is 8.59. The first-order valence-corrected chi connectivity index (χ1v) is 6.27. The van der Waals surface area contributed by atoms with Crippen molar-refractivity contribution in [2.24, 2.45) is 5.92 Å². The van der Waals surface area contributed by atoms with E-state index in [-0.39, 0.29) is 6.54 Å². The van der Waals surface area contributed by atoms with Gasteiger partial charge in [0.1, 0.15) is 0 Å². The third-order valence-electron chi connectivity index (χ3n) is 2.08. The molecule has 10 heteroatoms. The summed E-state index contributed by atoms with van der Waals surface area (Å²) in [6.07, 6.45) is 0.745. The summed E-state index contributed by atoms with van der Waals surface area (Å²) < 4.78 is 25.3. The minimum atomic E-state index is -4.16. The fourth-order valence-corrected chi connectivity index (χ4v) is 2.13. The van der Waals surface area contributed by atoms with E-state index in [1.807, 2.05) is 9.71 Å². The van der Waals surface area contributed by atoms with Gasteiger partial charge in [-0.2, -0.15) is 0 Å². The van der Waals surface area contributed by atoms with Crippen LogP contribution in [0.3, 0.4) is 0 Å². The second-order valence-electron chi connectivity index (χ2n) is 3.53. The van der Waals surface area contributed by atoms with Crippen molar-refractivity contribution in [3.63, 3.8) is 0 Å². The topological polar surface area (TPSA) is 149 Å². The molecule has 0 aliphatic carbocycles. The zero-order valence-electron chi connectivity index (χ0n) is 9.26. The Balaban J connectivity index is 2.97. The van der Waals surface area contributed by atoms with Crippen molar-refractivity contribution in [2.45, 2.75) is 11.8 Å². The van der Waals surface area contributed by atoms with Crippen LogP contribution in [0.25, 0.3) is 0 Å². The molecule has 4 N–H and O–H groups in total. The molecule has 0 aromatic carbocycles. The van der Waals surface area contributed by atoms with Gasteiger partial charge < -0.3 is 10.1 Å². The second-order valence-corrected chi connectivity index (χ2v) is 5.26. The molecule has 0 aliphatic rings. The summed E-state index contributed by atoms with van der Waals surface area (Å²) in [6.45, 7) is 0.943. The lowest BCUT2D eigenvalue weighted by molar-refractivity contribution is -0.140. The van der Waals surface area contributed by atoms with Gasteiger partial charge in [-0.15, -0.1) is 0 Å². The van der Waals surface area contributed by atoms with Crippen LogP contribution in [-0.2, 0) is 14.8 Å². The normalized spacial score (nSPS) is 13.2. The molecule has 0 spiro atoms. The highest BCUT2D eigenvalue weighted by molar-refractivity contribution is 7.89. The Morgan fingerprint density at radius 2 is 2.11 bits per heavy atom. The Labute approximate surface area is 101 Å². The molecule has 1 unspecified atom stereocenters. The van der Waals surface area contributed by atoms with Gasteiger partial charge in [-0.3, -0.25) is 14.6 Å². The molecule has 18 heavy (non-hydrogen) atoms. The summed E-state index contributed by atoms with van der Waals surface area (Å²) in [4.78, 5) is 35.6. The number of carboxylic acid groups (broad SMARTS) is 1. The van der Waals surface area contributed by atoms with E-state index in [2.05, 4.69) is 0 Å². The number of hydrogen-bond donors (Lipinski definition) is 4. The van der Waals surface area contributed by atoms with Crippen LogP contribution < -0.4 is 16.0 Å². The second kappa shape index (κ2) is 5.14. The van der Waals surface area contributed by atoms with Crippen LogP contribution in [0.15, 0.2) is 20.7 Å². The van der Waals surface area contributed by atoms with Gasteiger partial charge in [0.05, 0.1) is 5.92 Å². The minimum Gasteiger partial charge on any atom is -0.481 e. The van der Waals surface area contributed by atoms with Gasteiger partial charge in [-0.05, 0) is 0 Å². The molecule has 9 nitrogen and oxygen atoms in total. The van der Waals surface area contributed by atoms with Crippen LogP contribution in [0.4, 0.5) is 0 Å². The van der Waals surface area contributed by atoms with Gasteiger partial charge in [0.25, 0.3) is 5.56 Å². The maximum absolute atomic E-state index is 11.6. The first-order chi connectivity index (χ1) is 8.24. The van der Waals surface area contributed by atoms with Crippen molar-refractivity contribution in [1.29, 1.82) is 0 Å². The number of aliphatic carboxylic acids is 1. The van der Waals surface area contributed by atoms with Crippen LogP contribution in [-0.4, -0.2) is 36.0 Å². The SMILES string of the molecule is CC(CNS(=O)(=O)c1c[nH]c(=O)[nH]c1=O)C(=O)O. The Hall–Kier alpha value is -1.94. The Morgan fingerprint density at radius 3 is 2.61 bits per heavy atom. The molecule has 1 atom stereocenters. The summed E-state index contributed by atoms with van der Waals surface area (Å²) >= 11 is 0. The average Bonchev–Trinajstić information content (AvgIpc) is 2.25. The van der Waals surface area contributed by atoms with Gasteiger partial charge in [0, 0.05) is 12.7 Å². The first kappa shape index (κ1) is 14.1. The predicted molar refractivity (Wildman–Crippen MR) is 59.7 cm³/mol. The fourth-order valence-electron chi connectivity index (χ4n) is 0.997. The van der Waals surface area contributed by atoms with E-state index in [1.165, 1.54) is 6.92 Å². The van der Waals surface area contributed by atoms with Crippen molar-refractivity contribution in [1.82, 2.24) is 14.7 Å². The molecule has 0 amide bonds. The maximum Gasteiger partial charge on any atom is 0.325 e. The molecule has 0 saturated heterocycles. The number of aromatic amines is 2. The van der Waals surface area contributed by atoms with Crippen LogP contribution in [0.5, 0.6) is 0 Å². The minimum absolute atomic E-state index is 0.365. The van der Waals surface area contributed by atoms with Crippen LogP contribution in [0.1, 0.15) is 6.92 Å². The van der Waals surface area contributed by atoms with E-state index in [1.54, 1.807) is 4.98 Å². The largest absolute Gasteiger partial charge is 0.481 e. The lowest BCUT2D eigenvalue weighted by Crippen LogP contribution is -2.36. The zero-order chi connectivity index (χ0) is 13.9. The third kappa shape index (κ3) is 3.28. The van der Waals surface area contributed by atoms with E-state index in [0.29, 0.717) is 0 Å². The smallest absolute Gasteiger partial charge is 0.325 e. The van der Waals surface area contributed by atoms with Crippen molar-refractivity contribution < 1.29 is 18.3 Å². The number of carbonyl (C=O) groups is 1. The standard InChI is InChI=1S/C8H11N3O6S/c1-4(7(13)14)2-10-18(16,17)5-3-9-8(15)11-6(5)12/h3-4,10H,2H2,1H3,(H,13,14)(H2,9,11,12,15). The third-order valence-corrected chi connectivity index (χ3v) is 3.50. The van der Waals surface area contributed by atoms with E-state index < -0.39 is 38.1 Å². The predicted octanol–water partition coefficient (Wildman–Crippen LogP) is -1.94. The molecule has 100 valence electrons. The maximum atomic E-state index is 11.6. The van der Waals surface area contributed by atoms with Crippen molar-refractivity contribution in [3.8, 4) is 0 Å². The molecule has 0 radical (unpaired) electrons. The molecule has 0 bridgehead atoms. The summed E-state index contributed by atoms with van der Waals surface area (Å²) in [5.74, 6) is -2.12. The molecule has 0 aliphatic heterocycles. The van der Waals surface area contributed by atoms with Gasteiger partial charge in [-0.1, -0.05) is 6.92 Å². The van der Waals surface area contributed by atoms with E-state index in [4.69, 9.17) is 5.11 Å². The van der Waals surface area contributed by atoms with Gasteiger partial charge >= 0.3 is 11.7 Å². The van der Waals surface area contributed by atoms with Crippen LogP contribution in [0, 0.1) is 5.92 Å². The Bertz CT molecular complexity index is 658. The van der Waals surface area contributed by atoms with Gasteiger partial charge in [0.15, 0.2) is 4.90 Å². The number of H-pyrrole nitrogens is 2. The molecular formula is C8H11N3O6S. The molecule has 1 heterocycles. The molecule has 1 rings (SSSR count). The van der Waals surface area contributed by atoms with E-state index >= 15 is 0 Å². The van der Waals surface area contributed by atoms with Crippen LogP contribution >= 0.6 is 0 Å². The first-order valence-electron chi connectivity index (χ1n) is 4.78. The summed E-state index contributed by atoms with van der Waals surface area (Å²) in [6, 6.07) is 0. The molecule has 1 aromatic rings. The highest BCUT2D eigenvalue weighted by atomic mass is 32.2. The highest BCUT2D eigenvalue weighted by Crippen LogP contribution is 2.00. The average molecular weight is 277 g/mol. The number of aromatic nitrogens is 2. The number of carboxylic acids is 1. The van der Waals surface area contributed by atoms with E-state index in [9.17, 15) is 22.8 Å². The Kier molecular flexibility index (Phi) is 4.03. The summed E-state index contributed by atoms with van der Waals surface area (Å²) in [7, 11) is -4.16. The molecule has 0 saturated carbocycles. The van der Waals surface area contributed by atoms with Crippen molar-refractivity contribution in [2.75, 3.05) is 6.54 Å². The van der Waals surface area contributed by atoms with E-state index in [0.717, 1.165) is 6.20 Å². The fraction of sp³-hybridized carbons (Fsp3) is 0.375. The summed E-state index contributed by atoms with van der Waals surface area (Å²) in [5.41, 5.74) is -1.91. The monoisotopic (exact) mass is 277 g/mol. The molecule has 1 aromatic heterocycles.